The highest BCUT2D eigenvalue weighted by Gasteiger charge is 2.19. The van der Waals surface area contributed by atoms with E-state index in [-0.39, 0.29) is 11.3 Å². The third-order valence-electron chi connectivity index (χ3n) is 3.42. The van der Waals surface area contributed by atoms with Gasteiger partial charge in [0.15, 0.2) is 0 Å². The lowest BCUT2D eigenvalue weighted by Gasteiger charge is -2.09. The number of para-hydroxylation sites is 2. The molecule has 25 heavy (non-hydrogen) atoms. The summed E-state index contributed by atoms with van der Waals surface area (Å²) in [4.78, 5) is 22.8. The van der Waals surface area contributed by atoms with E-state index in [9.17, 15) is 14.9 Å². The van der Waals surface area contributed by atoms with Crippen LogP contribution in [0.25, 0.3) is 0 Å². The molecule has 0 aliphatic carbocycles. The van der Waals surface area contributed by atoms with E-state index in [0.717, 1.165) is 0 Å². The summed E-state index contributed by atoms with van der Waals surface area (Å²) in [6, 6.07) is 21.9. The molecule has 3 aromatic carbocycles. The third kappa shape index (κ3) is 4.00. The molecule has 0 unspecified atom stereocenters. The highest BCUT2D eigenvalue weighted by molar-refractivity contribution is 6.07. The number of nitro benzene ring substituents is 1. The van der Waals surface area contributed by atoms with Gasteiger partial charge in [-0.2, -0.15) is 0 Å². The van der Waals surface area contributed by atoms with Gasteiger partial charge < -0.3 is 10.1 Å². The zero-order valence-electron chi connectivity index (χ0n) is 13.1. The molecule has 3 rings (SSSR count). The van der Waals surface area contributed by atoms with Gasteiger partial charge in [-0.3, -0.25) is 14.9 Å². The van der Waals surface area contributed by atoms with Crippen LogP contribution in [0, 0.1) is 10.1 Å². The summed E-state index contributed by atoms with van der Waals surface area (Å²) in [5, 5.41) is 13.7. The number of benzene rings is 3. The van der Waals surface area contributed by atoms with Gasteiger partial charge in [-0.05, 0) is 30.3 Å². The summed E-state index contributed by atoms with van der Waals surface area (Å²) in [5.41, 5.74) is 0.246. The summed E-state index contributed by atoms with van der Waals surface area (Å²) >= 11 is 0. The minimum absolute atomic E-state index is 0.00174. The van der Waals surface area contributed by atoms with Gasteiger partial charge in [-0.15, -0.1) is 0 Å². The Bertz CT molecular complexity index is 910. The summed E-state index contributed by atoms with van der Waals surface area (Å²) in [5.74, 6) is 0.667. The van der Waals surface area contributed by atoms with E-state index in [4.69, 9.17) is 4.74 Å². The first-order valence-corrected chi connectivity index (χ1v) is 7.51. The molecule has 1 amide bonds. The molecule has 124 valence electrons. The lowest BCUT2D eigenvalue weighted by atomic mass is 10.1. The second-order valence-electron chi connectivity index (χ2n) is 5.17. The van der Waals surface area contributed by atoms with Crippen molar-refractivity contribution in [2.75, 3.05) is 5.32 Å². The Kier molecular flexibility index (Phi) is 4.71. The fraction of sp³-hybridized carbons (Fsp3) is 0. The SMILES string of the molecule is O=C(Nc1cccc(Oc2ccccc2)c1)c1ccccc1[N+](=O)[O-]. The highest BCUT2D eigenvalue weighted by Crippen LogP contribution is 2.25. The van der Waals surface area contributed by atoms with Crippen molar-refractivity contribution >= 4 is 17.3 Å². The highest BCUT2D eigenvalue weighted by atomic mass is 16.6. The molecule has 0 spiro atoms. The van der Waals surface area contributed by atoms with Crippen LogP contribution in [0.4, 0.5) is 11.4 Å². The van der Waals surface area contributed by atoms with Crippen molar-refractivity contribution in [1.29, 1.82) is 0 Å². The molecule has 0 fully saturated rings. The van der Waals surface area contributed by atoms with E-state index in [1.54, 1.807) is 30.3 Å². The summed E-state index contributed by atoms with van der Waals surface area (Å²) < 4.78 is 5.71. The number of nitrogens with one attached hydrogen (secondary N) is 1. The monoisotopic (exact) mass is 334 g/mol. The van der Waals surface area contributed by atoms with E-state index < -0.39 is 10.8 Å². The molecule has 0 aliphatic heterocycles. The van der Waals surface area contributed by atoms with Crippen LogP contribution in [0.3, 0.4) is 0 Å². The molecule has 1 N–H and O–H groups in total. The first kappa shape index (κ1) is 16.2. The predicted molar refractivity (Wildman–Crippen MR) is 94.0 cm³/mol. The molecule has 0 saturated heterocycles. The molecule has 0 saturated carbocycles. The standard InChI is InChI=1S/C19H14N2O4/c22-19(17-11-4-5-12-18(17)21(23)24)20-14-7-6-10-16(13-14)25-15-8-2-1-3-9-15/h1-13H,(H,20,22). The molecule has 6 nitrogen and oxygen atoms in total. The van der Waals surface area contributed by atoms with Gasteiger partial charge in [0, 0.05) is 17.8 Å². The minimum Gasteiger partial charge on any atom is -0.457 e. The van der Waals surface area contributed by atoms with E-state index >= 15 is 0 Å². The second kappa shape index (κ2) is 7.27. The van der Waals surface area contributed by atoms with Crippen LogP contribution in [0.5, 0.6) is 11.5 Å². The maximum absolute atomic E-state index is 12.4. The first-order valence-electron chi connectivity index (χ1n) is 7.51. The minimum atomic E-state index is -0.580. The van der Waals surface area contributed by atoms with Crippen LogP contribution < -0.4 is 10.1 Å². The summed E-state index contributed by atoms with van der Waals surface area (Å²) in [6.45, 7) is 0. The van der Waals surface area contributed by atoms with E-state index in [0.29, 0.717) is 17.2 Å². The molecular weight excluding hydrogens is 320 g/mol. The van der Waals surface area contributed by atoms with Gasteiger partial charge >= 0.3 is 0 Å². The van der Waals surface area contributed by atoms with Gasteiger partial charge in [-0.25, -0.2) is 0 Å². The average Bonchev–Trinajstić information content (AvgIpc) is 2.63. The Labute approximate surface area is 143 Å². The Morgan fingerprint density at radius 1 is 0.880 bits per heavy atom. The smallest absolute Gasteiger partial charge is 0.282 e. The van der Waals surface area contributed by atoms with Crippen molar-refractivity contribution in [3.63, 3.8) is 0 Å². The molecule has 0 heterocycles. The number of hydrogen-bond donors (Lipinski definition) is 1. The topological polar surface area (TPSA) is 81.5 Å². The van der Waals surface area contributed by atoms with Crippen molar-refractivity contribution < 1.29 is 14.5 Å². The van der Waals surface area contributed by atoms with Gasteiger partial charge in [0.1, 0.15) is 17.1 Å². The van der Waals surface area contributed by atoms with Gasteiger partial charge in [0.2, 0.25) is 0 Å². The molecule has 0 radical (unpaired) electrons. The van der Waals surface area contributed by atoms with Crippen LogP contribution in [-0.2, 0) is 0 Å². The quantitative estimate of drug-likeness (QED) is 0.544. The number of hydrogen-bond acceptors (Lipinski definition) is 4. The lowest BCUT2D eigenvalue weighted by Crippen LogP contribution is -2.13. The Morgan fingerprint density at radius 2 is 1.56 bits per heavy atom. The van der Waals surface area contributed by atoms with Crippen molar-refractivity contribution in [3.05, 3.63) is 94.5 Å². The van der Waals surface area contributed by atoms with Crippen molar-refractivity contribution in [3.8, 4) is 11.5 Å². The number of nitrogens with zero attached hydrogens (tertiary/aromatic N) is 1. The molecule has 3 aromatic rings. The number of nitro groups is 1. The van der Waals surface area contributed by atoms with E-state index in [2.05, 4.69) is 5.32 Å². The Balaban J connectivity index is 1.78. The van der Waals surface area contributed by atoms with E-state index in [1.165, 1.54) is 18.2 Å². The number of ether oxygens (including phenoxy) is 1. The van der Waals surface area contributed by atoms with Crippen molar-refractivity contribution in [1.82, 2.24) is 0 Å². The molecule has 0 atom stereocenters. The lowest BCUT2D eigenvalue weighted by molar-refractivity contribution is -0.385. The van der Waals surface area contributed by atoms with E-state index in [1.807, 2.05) is 30.3 Å². The molecular formula is C19H14N2O4. The van der Waals surface area contributed by atoms with Crippen molar-refractivity contribution in [2.45, 2.75) is 0 Å². The number of rotatable bonds is 5. The molecule has 0 aromatic heterocycles. The average molecular weight is 334 g/mol. The Morgan fingerprint density at radius 3 is 2.32 bits per heavy atom. The fourth-order valence-electron chi connectivity index (χ4n) is 2.29. The number of carbonyl (C=O) groups is 1. The number of amides is 1. The van der Waals surface area contributed by atoms with Crippen LogP contribution in [-0.4, -0.2) is 10.8 Å². The molecule has 6 heteroatoms. The second-order valence-corrected chi connectivity index (χ2v) is 5.17. The largest absolute Gasteiger partial charge is 0.457 e. The maximum atomic E-state index is 12.4. The molecule has 0 bridgehead atoms. The third-order valence-corrected chi connectivity index (χ3v) is 3.42. The van der Waals surface area contributed by atoms with Crippen LogP contribution >= 0.6 is 0 Å². The van der Waals surface area contributed by atoms with Gasteiger partial charge in [-0.1, -0.05) is 36.4 Å². The fourth-order valence-corrected chi connectivity index (χ4v) is 2.29. The maximum Gasteiger partial charge on any atom is 0.282 e. The summed E-state index contributed by atoms with van der Waals surface area (Å²) in [6.07, 6.45) is 0. The summed E-state index contributed by atoms with van der Waals surface area (Å²) in [7, 11) is 0. The Hall–Kier alpha value is -3.67. The zero-order chi connectivity index (χ0) is 17.6. The molecule has 0 aliphatic rings. The zero-order valence-corrected chi connectivity index (χ0v) is 13.1. The van der Waals surface area contributed by atoms with Crippen LogP contribution in [0.1, 0.15) is 10.4 Å². The number of carbonyl (C=O) groups excluding carboxylic acids is 1. The van der Waals surface area contributed by atoms with Gasteiger partial charge in [0.25, 0.3) is 11.6 Å². The normalized spacial score (nSPS) is 10.1. The predicted octanol–water partition coefficient (Wildman–Crippen LogP) is 4.64. The van der Waals surface area contributed by atoms with Crippen LogP contribution in [0.15, 0.2) is 78.9 Å². The van der Waals surface area contributed by atoms with Gasteiger partial charge in [0.05, 0.1) is 4.92 Å². The van der Waals surface area contributed by atoms with Crippen LogP contribution in [0.2, 0.25) is 0 Å². The van der Waals surface area contributed by atoms with Crippen molar-refractivity contribution in [2.24, 2.45) is 0 Å². The number of anilines is 1. The first-order chi connectivity index (χ1) is 12.1.